The largest absolute Gasteiger partial charge is 0.332 e. The summed E-state index contributed by atoms with van der Waals surface area (Å²) in [5.41, 5.74) is 2.05. The van der Waals surface area contributed by atoms with E-state index in [0.29, 0.717) is 33.6 Å². The number of hydrogen-bond donors (Lipinski definition) is 0. The first-order valence-electron chi connectivity index (χ1n) is 7.97. The first kappa shape index (κ1) is 18.5. The fourth-order valence-corrected chi connectivity index (χ4v) is 3.76. The molecule has 0 saturated carbocycles. The summed E-state index contributed by atoms with van der Waals surface area (Å²) >= 11 is 7.43. The smallest absolute Gasteiger partial charge is 0.309 e. The van der Waals surface area contributed by atoms with Crippen LogP contribution in [0.5, 0.6) is 0 Å². The maximum Gasteiger partial charge on any atom is 0.332 e. The van der Waals surface area contributed by atoms with Gasteiger partial charge in [0.2, 0.25) is 0 Å². The molecule has 0 spiro atoms. The predicted molar refractivity (Wildman–Crippen MR) is 106 cm³/mol. The van der Waals surface area contributed by atoms with Crippen LogP contribution in [0, 0.1) is 0 Å². The average molecular weight is 391 g/mol. The third-order valence-electron chi connectivity index (χ3n) is 4.02. The highest BCUT2D eigenvalue weighted by molar-refractivity contribution is 7.98. The fourth-order valence-electron chi connectivity index (χ4n) is 2.68. The number of thioether (sulfide) groups is 1. The molecular weight excluding hydrogens is 372 g/mol. The van der Waals surface area contributed by atoms with Crippen LogP contribution in [0.25, 0.3) is 11.2 Å². The third-order valence-corrected chi connectivity index (χ3v) is 5.32. The van der Waals surface area contributed by atoms with Gasteiger partial charge in [-0.15, -0.1) is 0 Å². The van der Waals surface area contributed by atoms with Crippen molar-refractivity contribution in [2.75, 3.05) is 0 Å². The van der Waals surface area contributed by atoms with Gasteiger partial charge in [-0.05, 0) is 24.6 Å². The van der Waals surface area contributed by atoms with Crippen molar-refractivity contribution in [3.8, 4) is 0 Å². The number of nitrogens with zero attached hydrogens (tertiary/aromatic N) is 4. The number of aromatic nitrogens is 4. The summed E-state index contributed by atoms with van der Waals surface area (Å²) < 4.78 is 4.34. The Balaban J connectivity index is 2.11. The number of fused-ring (bicyclic) bond motifs is 1. The Kier molecular flexibility index (Phi) is 5.11. The van der Waals surface area contributed by atoms with Gasteiger partial charge in [-0.2, -0.15) is 0 Å². The predicted octanol–water partition coefficient (Wildman–Crippen LogP) is 2.96. The number of hydrogen-bond acceptors (Lipinski definition) is 4. The summed E-state index contributed by atoms with van der Waals surface area (Å²) in [6.07, 6.45) is 0. The lowest BCUT2D eigenvalue weighted by Crippen LogP contribution is -2.37. The molecule has 136 valence electrons. The van der Waals surface area contributed by atoms with Gasteiger partial charge in [0, 0.05) is 31.4 Å². The highest BCUT2D eigenvalue weighted by atomic mass is 35.5. The molecule has 0 unspecified atom stereocenters. The van der Waals surface area contributed by atoms with Gasteiger partial charge in [-0.3, -0.25) is 13.9 Å². The Labute approximate surface area is 159 Å². The van der Waals surface area contributed by atoms with Gasteiger partial charge in [-0.1, -0.05) is 47.6 Å². The van der Waals surface area contributed by atoms with Crippen molar-refractivity contribution < 1.29 is 0 Å². The van der Waals surface area contributed by atoms with Gasteiger partial charge in [-0.25, -0.2) is 9.78 Å². The van der Waals surface area contributed by atoms with Gasteiger partial charge < -0.3 is 4.57 Å². The van der Waals surface area contributed by atoms with Crippen LogP contribution in [0.3, 0.4) is 0 Å². The number of allylic oxidation sites excluding steroid dienone is 1. The van der Waals surface area contributed by atoms with E-state index >= 15 is 0 Å². The zero-order valence-electron chi connectivity index (χ0n) is 14.8. The topological polar surface area (TPSA) is 61.8 Å². The lowest BCUT2D eigenvalue weighted by molar-refractivity contribution is 0.694. The van der Waals surface area contributed by atoms with E-state index in [1.165, 1.54) is 23.4 Å². The Morgan fingerprint density at radius 2 is 1.85 bits per heavy atom. The molecule has 26 heavy (non-hydrogen) atoms. The molecule has 2 heterocycles. The Bertz CT molecular complexity index is 1110. The molecule has 3 rings (SSSR count). The summed E-state index contributed by atoms with van der Waals surface area (Å²) in [6.45, 7) is 6.31. The minimum absolute atomic E-state index is 0.352. The molecule has 0 N–H and O–H groups in total. The van der Waals surface area contributed by atoms with Crippen LogP contribution in [0.1, 0.15) is 12.5 Å². The van der Waals surface area contributed by atoms with Crippen LogP contribution in [0.15, 0.2) is 51.2 Å². The van der Waals surface area contributed by atoms with Crippen molar-refractivity contribution >= 4 is 34.5 Å². The molecule has 0 radical (unpaired) electrons. The number of halogens is 1. The van der Waals surface area contributed by atoms with E-state index in [4.69, 9.17) is 11.6 Å². The maximum atomic E-state index is 12.7. The van der Waals surface area contributed by atoms with Crippen LogP contribution >= 0.6 is 23.4 Å². The van der Waals surface area contributed by atoms with E-state index in [2.05, 4.69) is 11.6 Å². The van der Waals surface area contributed by atoms with E-state index in [-0.39, 0.29) is 5.56 Å². The lowest BCUT2D eigenvalue weighted by Gasteiger charge is -2.09. The van der Waals surface area contributed by atoms with Crippen molar-refractivity contribution in [3.05, 3.63) is 67.8 Å². The summed E-state index contributed by atoms with van der Waals surface area (Å²) in [7, 11) is 3.10. The van der Waals surface area contributed by atoms with Crippen molar-refractivity contribution in [2.45, 2.75) is 24.4 Å². The number of benzene rings is 1. The molecule has 3 aromatic rings. The summed E-state index contributed by atoms with van der Waals surface area (Å²) in [4.78, 5) is 29.4. The molecule has 0 fully saturated rings. The van der Waals surface area contributed by atoms with E-state index in [1.54, 1.807) is 7.05 Å². The fraction of sp³-hybridized carbons (Fsp3) is 0.278. The minimum atomic E-state index is -0.392. The number of rotatable bonds is 5. The van der Waals surface area contributed by atoms with E-state index in [9.17, 15) is 9.59 Å². The molecular formula is C18H19ClN4O2S. The monoisotopic (exact) mass is 390 g/mol. The summed E-state index contributed by atoms with van der Waals surface area (Å²) in [6, 6.07) is 7.59. The molecule has 0 bridgehead atoms. The third kappa shape index (κ3) is 3.37. The van der Waals surface area contributed by atoms with Crippen LogP contribution in [0.2, 0.25) is 5.02 Å². The SMILES string of the molecule is C=C(C)Cn1c(SCc2ccc(Cl)cc2)nc2c1c(=O)n(C)c(=O)n2C. The summed E-state index contributed by atoms with van der Waals surface area (Å²) in [5, 5.41) is 1.36. The van der Waals surface area contributed by atoms with Crippen molar-refractivity contribution in [1.82, 2.24) is 18.7 Å². The first-order chi connectivity index (χ1) is 12.3. The molecule has 0 aliphatic rings. The van der Waals surface area contributed by atoms with Crippen molar-refractivity contribution in [2.24, 2.45) is 14.1 Å². The highest BCUT2D eigenvalue weighted by Gasteiger charge is 2.19. The lowest BCUT2D eigenvalue weighted by atomic mass is 10.2. The molecule has 2 aromatic heterocycles. The highest BCUT2D eigenvalue weighted by Crippen LogP contribution is 2.26. The second-order valence-corrected chi connectivity index (χ2v) is 7.61. The number of aryl methyl sites for hydroxylation is 1. The Morgan fingerprint density at radius 1 is 1.19 bits per heavy atom. The van der Waals surface area contributed by atoms with Crippen LogP contribution in [0.4, 0.5) is 0 Å². The van der Waals surface area contributed by atoms with Gasteiger partial charge in [0.15, 0.2) is 16.3 Å². The quantitative estimate of drug-likeness (QED) is 0.496. The van der Waals surface area contributed by atoms with E-state index < -0.39 is 5.69 Å². The van der Waals surface area contributed by atoms with Crippen molar-refractivity contribution in [3.63, 3.8) is 0 Å². The maximum absolute atomic E-state index is 12.7. The first-order valence-corrected chi connectivity index (χ1v) is 9.34. The van der Waals surface area contributed by atoms with Gasteiger partial charge >= 0.3 is 5.69 Å². The van der Waals surface area contributed by atoms with Crippen molar-refractivity contribution in [1.29, 1.82) is 0 Å². The molecule has 0 aliphatic heterocycles. The number of imidazole rings is 1. The van der Waals surface area contributed by atoms with Crippen LogP contribution in [-0.4, -0.2) is 18.7 Å². The second-order valence-electron chi connectivity index (χ2n) is 6.23. The van der Waals surface area contributed by atoms with E-state index in [0.717, 1.165) is 15.7 Å². The van der Waals surface area contributed by atoms with Crippen LogP contribution < -0.4 is 11.2 Å². The summed E-state index contributed by atoms with van der Waals surface area (Å²) in [5.74, 6) is 0.672. The molecule has 0 amide bonds. The molecule has 6 nitrogen and oxygen atoms in total. The zero-order valence-corrected chi connectivity index (χ0v) is 16.4. The van der Waals surface area contributed by atoms with Gasteiger partial charge in [0.1, 0.15) is 0 Å². The van der Waals surface area contributed by atoms with Gasteiger partial charge in [0.25, 0.3) is 5.56 Å². The van der Waals surface area contributed by atoms with Crippen LogP contribution in [-0.2, 0) is 26.4 Å². The standard InChI is InChI=1S/C18H19ClN4O2S/c1-11(2)9-23-14-15(21(3)18(25)22(4)16(14)24)20-17(23)26-10-12-5-7-13(19)8-6-12/h5-8H,1,9-10H2,2-4H3. The molecule has 0 saturated heterocycles. The normalized spacial score (nSPS) is 11.2. The zero-order chi connectivity index (χ0) is 19.0. The molecule has 0 atom stereocenters. The Hall–Kier alpha value is -2.25. The molecule has 8 heteroatoms. The molecule has 0 aliphatic carbocycles. The molecule has 1 aromatic carbocycles. The second kappa shape index (κ2) is 7.17. The van der Waals surface area contributed by atoms with Gasteiger partial charge in [0.05, 0.1) is 0 Å². The minimum Gasteiger partial charge on any atom is -0.309 e. The average Bonchev–Trinajstić information content (AvgIpc) is 2.95. The Morgan fingerprint density at radius 3 is 2.46 bits per heavy atom. The van der Waals surface area contributed by atoms with E-state index in [1.807, 2.05) is 35.8 Å².